The van der Waals surface area contributed by atoms with Gasteiger partial charge < -0.3 is 10.4 Å². The highest BCUT2D eigenvalue weighted by atomic mass is 16.4. The summed E-state index contributed by atoms with van der Waals surface area (Å²) < 4.78 is 0. The zero-order valence-electron chi connectivity index (χ0n) is 9.71. The van der Waals surface area contributed by atoms with E-state index in [1.165, 1.54) is 6.92 Å². The third kappa shape index (κ3) is 1.62. The summed E-state index contributed by atoms with van der Waals surface area (Å²) in [7, 11) is 0. The molecule has 1 heterocycles. The lowest BCUT2D eigenvalue weighted by Gasteiger charge is -2.32. The number of rotatable bonds is 3. The van der Waals surface area contributed by atoms with Crippen molar-refractivity contribution in [1.82, 2.24) is 10.2 Å². The Labute approximate surface area is 103 Å². The van der Waals surface area contributed by atoms with Crippen LogP contribution in [0.2, 0.25) is 0 Å². The van der Waals surface area contributed by atoms with Gasteiger partial charge in [0.15, 0.2) is 5.54 Å². The lowest BCUT2D eigenvalue weighted by atomic mass is 9.90. The zero-order valence-corrected chi connectivity index (χ0v) is 9.71. The summed E-state index contributed by atoms with van der Waals surface area (Å²) in [5.74, 6) is -1.80. The molecule has 0 spiro atoms. The number of carboxylic acids is 1. The Morgan fingerprint density at radius 3 is 2.39 bits per heavy atom. The number of hydrogen-bond acceptors (Lipinski definition) is 3. The van der Waals surface area contributed by atoms with Gasteiger partial charge in [0.25, 0.3) is 5.91 Å². The Morgan fingerprint density at radius 2 is 1.94 bits per heavy atom. The largest absolute Gasteiger partial charge is 0.479 e. The summed E-state index contributed by atoms with van der Waals surface area (Å²) in [6, 6.07) is 7.52. The molecule has 0 aliphatic carbocycles. The van der Waals surface area contributed by atoms with Crippen LogP contribution < -0.4 is 5.32 Å². The standard InChI is InChI=1S/C12H12N2O4/c1-12(10(16)17,8-5-3-2-4-6-8)14-9(15)7-13-11(14)18/h2-6H,7H2,1H3,(H,13,18)(H,16,17). The smallest absolute Gasteiger partial charge is 0.334 e. The van der Waals surface area contributed by atoms with E-state index in [0.29, 0.717) is 5.56 Å². The number of nitrogens with zero attached hydrogens (tertiary/aromatic N) is 1. The van der Waals surface area contributed by atoms with E-state index in [0.717, 1.165) is 4.90 Å². The highest BCUT2D eigenvalue weighted by molar-refractivity contribution is 6.06. The Morgan fingerprint density at radius 1 is 1.33 bits per heavy atom. The summed E-state index contributed by atoms with van der Waals surface area (Å²) in [5.41, 5.74) is -1.32. The van der Waals surface area contributed by atoms with Crippen LogP contribution in [0.25, 0.3) is 0 Å². The van der Waals surface area contributed by atoms with Crippen molar-refractivity contribution < 1.29 is 19.5 Å². The molecule has 3 amide bonds. The van der Waals surface area contributed by atoms with Gasteiger partial charge in [0, 0.05) is 0 Å². The third-order valence-electron chi connectivity index (χ3n) is 3.04. The molecular weight excluding hydrogens is 236 g/mol. The van der Waals surface area contributed by atoms with Crippen LogP contribution in [0.1, 0.15) is 12.5 Å². The topological polar surface area (TPSA) is 86.7 Å². The van der Waals surface area contributed by atoms with Crippen molar-refractivity contribution in [1.29, 1.82) is 0 Å². The normalized spacial score (nSPS) is 18.4. The van der Waals surface area contributed by atoms with Crippen molar-refractivity contribution in [2.75, 3.05) is 6.54 Å². The van der Waals surface area contributed by atoms with Crippen LogP contribution in [-0.4, -0.2) is 34.5 Å². The van der Waals surface area contributed by atoms with Gasteiger partial charge in [-0.3, -0.25) is 4.79 Å². The number of carbonyl (C=O) groups is 3. The highest BCUT2D eigenvalue weighted by Gasteiger charge is 2.50. The molecule has 1 aromatic rings. The Hall–Kier alpha value is -2.37. The monoisotopic (exact) mass is 248 g/mol. The molecule has 1 fully saturated rings. The predicted molar refractivity (Wildman–Crippen MR) is 61.7 cm³/mol. The summed E-state index contributed by atoms with van der Waals surface area (Å²) in [6.45, 7) is 1.17. The number of carbonyl (C=O) groups excluding carboxylic acids is 2. The molecule has 2 rings (SSSR count). The van der Waals surface area contributed by atoms with E-state index in [4.69, 9.17) is 0 Å². The molecule has 0 aromatic heterocycles. The first-order valence-corrected chi connectivity index (χ1v) is 5.37. The van der Waals surface area contributed by atoms with Crippen LogP contribution in [0, 0.1) is 0 Å². The number of nitrogens with one attached hydrogen (secondary N) is 1. The van der Waals surface area contributed by atoms with Crippen LogP contribution in [0.4, 0.5) is 4.79 Å². The molecule has 6 nitrogen and oxygen atoms in total. The molecule has 18 heavy (non-hydrogen) atoms. The van der Waals surface area contributed by atoms with Gasteiger partial charge in [-0.05, 0) is 12.5 Å². The van der Waals surface area contributed by atoms with Gasteiger partial charge in [0.1, 0.15) is 0 Å². The third-order valence-corrected chi connectivity index (χ3v) is 3.04. The van der Waals surface area contributed by atoms with Gasteiger partial charge in [-0.2, -0.15) is 0 Å². The Balaban J connectivity index is 2.55. The number of urea groups is 1. The second-order valence-corrected chi connectivity index (χ2v) is 4.13. The Kier molecular flexibility index (Phi) is 2.78. The maximum Gasteiger partial charge on any atom is 0.334 e. The maximum atomic E-state index is 11.7. The van der Waals surface area contributed by atoms with Crippen molar-refractivity contribution in [3.05, 3.63) is 35.9 Å². The summed E-state index contributed by atoms with van der Waals surface area (Å²) in [5, 5.41) is 11.7. The molecule has 94 valence electrons. The number of carboxylic acid groups (broad SMARTS) is 1. The Bertz CT molecular complexity index is 498. The van der Waals surface area contributed by atoms with Gasteiger partial charge in [-0.25, -0.2) is 14.5 Å². The molecule has 1 atom stereocenters. The van der Waals surface area contributed by atoms with E-state index in [1.807, 2.05) is 0 Å². The van der Waals surface area contributed by atoms with Crippen molar-refractivity contribution in [3.63, 3.8) is 0 Å². The predicted octanol–water partition coefficient (Wildman–Crippen LogP) is 0.538. The molecule has 1 aromatic carbocycles. The fourth-order valence-corrected chi connectivity index (χ4v) is 1.99. The van der Waals surface area contributed by atoms with E-state index < -0.39 is 23.4 Å². The second kappa shape index (κ2) is 4.14. The van der Waals surface area contributed by atoms with Gasteiger partial charge in [0.05, 0.1) is 6.54 Å². The van der Waals surface area contributed by atoms with Gasteiger partial charge >= 0.3 is 12.0 Å². The van der Waals surface area contributed by atoms with Crippen LogP contribution in [-0.2, 0) is 15.1 Å². The van der Waals surface area contributed by atoms with Gasteiger partial charge in [-0.15, -0.1) is 0 Å². The molecule has 0 bridgehead atoms. The van der Waals surface area contributed by atoms with Crippen LogP contribution >= 0.6 is 0 Å². The van der Waals surface area contributed by atoms with E-state index in [9.17, 15) is 19.5 Å². The minimum Gasteiger partial charge on any atom is -0.479 e. The number of benzene rings is 1. The van der Waals surface area contributed by atoms with E-state index in [1.54, 1.807) is 30.3 Å². The zero-order chi connectivity index (χ0) is 13.3. The molecule has 1 aliphatic heterocycles. The van der Waals surface area contributed by atoms with E-state index >= 15 is 0 Å². The molecule has 1 saturated heterocycles. The average molecular weight is 248 g/mol. The lowest BCUT2D eigenvalue weighted by Crippen LogP contribution is -2.53. The second-order valence-electron chi connectivity index (χ2n) is 4.13. The average Bonchev–Trinajstić information content (AvgIpc) is 2.69. The summed E-state index contributed by atoms with van der Waals surface area (Å²) >= 11 is 0. The molecule has 1 aliphatic rings. The number of imide groups is 1. The molecule has 0 radical (unpaired) electrons. The molecule has 6 heteroatoms. The van der Waals surface area contributed by atoms with Crippen molar-refractivity contribution in [3.8, 4) is 0 Å². The van der Waals surface area contributed by atoms with E-state index in [-0.39, 0.29) is 6.54 Å². The number of aliphatic carboxylic acids is 1. The van der Waals surface area contributed by atoms with Crippen molar-refractivity contribution in [2.24, 2.45) is 0 Å². The van der Waals surface area contributed by atoms with Gasteiger partial charge in [-0.1, -0.05) is 30.3 Å². The number of hydrogen-bond donors (Lipinski definition) is 2. The fourth-order valence-electron chi connectivity index (χ4n) is 1.99. The first-order valence-electron chi connectivity index (χ1n) is 5.37. The highest BCUT2D eigenvalue weighted by Crippen LogP contribution is 2.30. The molecular formula is C12H12N2O4. The number of amides is 3. The first-order chi connectivity index (χ1) is 8.48. The van der Waals surface area contributed by atoms with Crippen molar-refractivity contribution >= 4 is 17.9 Å². The minimum absolute atomic E-state index is 0.172. The summed E-state index contributed by atoms with van der Waals surface area (Å²) in [6.07, 6.45) is 0. The van der Waals surface area contributed by atoms with Crippen LogP contribution in [0.3, 0.4) is 0 Å². The molecule has 1 unspecified atom stereocenters. The van der Waals surface area contributed by atoms with Crippen LogP contribution in [0.5, 0.6) is 0 Å². The molecule has 0 saturated carbocycles. The van der Waals surface area contributed by atoms with Crippen molar-refractivity contribution in [2.45, 2.75) is 12.5 Å². The fraction of sp³-hybridized carbons (Fsp3) is 0.250. The lowest BCUT2D eigenvalue weighted by molar-refractivity contribution is -0.153. The minimum atomic E-state index is -1.70. The molecule has 2 N–H and O–H groups in total. The summed E-state index contributed by atoms with van der Waals surface area (Å²) in [4.78, 5) is 35.6. The maximum absolute atomic E-state index is 11.7. The van der Waals surface area contributed by atoms with E-state index in [2.05, 4.69) is 5.32 Å². The first kappa shape index (κ1) is 12.1. The quantitative estimate of drug-likeness (QED) is 0.764. The van der Waals surface area contributed by atoms with Crippen LogP contribution in [0.15, 0.2) is 30.3 Å². The van der Waals surface area contributed by atoms with Gasteiger partial charge in [0.2, 0.25) is 0 Å². The SMILES string of the molecule is CC(C(=O)O)(c1ccccc1)N1C(=O)CNC1=O.